The fraction of sp³-hybridized carbons (Fsp3) is 0.467. The highest BCUT2D eigenvalue weighted by Crippen LogP contribution is 2.43. The molecule has 0 bridgehead atoms. The molecular formula is C15H16O7. The number of Topliss-reactive ketones (excluding diaryl/α,β-unsaturated/α-hetero) is 1. The van der Waals surface area contributed by atoms with Gasteiger partial charge in [0.25, 0.3) is 0 Å². The molecule has 0 amide bonds. The SMILES string of the molecule is O=C1C[C@H](CO)[C@@H]([C@@]2(CO)CC(=O)c3c(O)cccc3O2)O1. The Morgan fingerprint density at radius 2 is 2.05 bits per heavy atom. The summed E-state index contributed by atoms with van der Waals surface area (Å²) in [6.07, 6.45) is -1.16. The molecule has 0 aliphatic carbocycles. The second-order valence-corrected chi connectivity index (χ2v) is 5.63. The highest BCUT2D eigenvalue weighted by molar-refractivity contribution is 6.02. The number of carbonyl (C=O) groups is 2. The molecule has 1 fully saturated rings. The van der Waals surface area contributed by atoms with Gasteiger partial charge < -0.3 is 24.8 Å². The molecule has 0 aromatic heterocycles. The Hall–Kier alpha value is -2.12. The van der Waals surface area contributed by atoms with E-state index >= 15 is 0 Å². The second kappa shape index (κ2) is 5.26. The molecule has 118 valence electrons. The van der Waals surface area contributed by atoms with Crippen molar-refractivity contribution in [2.24, 2.45) is 5.92 Å². The Balaban J connectivity index is 2.02. The highest BCUT2D eigenvalue weighted by atomic mass is 16.6. The van der Waals surface area contributed by atoms with Gasteiger partial charge in [0.2, 0.25) is 0 Å². The molecule has 0 unspecified atom stereocenters. The second-order valence-electron chi connectivity index (χ2n) is 5.63. The summed E-state index contributed by atoms with van der Waals surface area (Å²) >= 11 is 0. The Bertz CT molecular complexity index is 626. The first-order chi connectivity index (χ1) is 10.5. The van der Waals surface area contributed by atoms with Gasteiger partial charge in [0.05, 0.1) is 26.1 Å². The number of aliphatic hydroxyl groups is 2. The first-order valence-corrected chi connectivity index (χ1v) is 6.96. The van der Waals surface area contributed by atoms with Gasteiger partial charge in [-0.2, -0.15) is 0 Å². The monoisotopic (exact) mass is 308 g/mol. The molecule has 22 heavy (non-hydrogen) atoms. The van der Waals surface area contributed by atoms with Gasteiger partial charge in [-0.15, -0.1) is 0 Å². The minimum atomic E-state index is -1.45. The molecule has 1 aromatic carbocycles. The van der Waals surface area contributed by atoms with Crippen molar-refractivity contribution in [3.8, 4) is 11.5 Å². The summed E-state index contributed by atoms with van der Waals surface area (Å²) in [5.74, 6) is -1.53. The van der Waals surface area contributed by atoms with Crippen LogP contribution in [0.3, 0.4) is 0 Å². The van der Waals surface area contributed by atoms with E-state index in [0.29, 0.717) is 0 Å². The van der Waals surface area contributed by atoms with Gasteiger partial charge in [0, 0.05) is 5.92 Å². The number of esters is 1. The normalized spacial score (nSPS) is 30.6. The minimum Gasteiger partial charge on any atom is -0.507 e. The quantitative estimate of drug-likeness (QED) is 0.674. The van der Waals surface area contributed by atoms with Crippen molar-refractivity contribution in [1.82, 2.24) is 0 Å². The van der Waals surface area contributed by atoms with Crippen LogP contribution in [0.25, 0.3) is 0 Å². The number of aromatic hydroxyl groups is 1. The third-order valence-electron chi connectivity index (χ3n) is 4.19. The lowest BCUT2D eigenvalue weighted by Crippen LogP contribution is -2.57. The van der Waals surface area contributed by atoms with Crippen LogP contribution in [-0.4, -0.2) is 52.0 Å². The van der Waals surface area contributed by atoms with E-state index in [-0.39, 0.29) is 36.5 Å². The standard InChI is InChI=1S/C15H16O7/c16-6-8-4-12(20)21-14(8)15(7-17)5-10(19)13-9(18)2-1-3-11(13)22-15/h1-3,8,14,16-18H,4-7H2/t8-,14+,15+/m1/s1. The van der Waals surface area contributed by atoms with Crippen LogP contribution in [-0.2, 0) is 9.53 Å². The first-order valence-electron chi connectivity index (χ1n) is 6.96. The van der Waals surface area contributed by atoms with E-state index in [1.165, 1.54) is 18.2 Å². The predicted octanol–water partition coefficient (Wildman–Crippen LogP) is 0.0125. The number of fused-ring (bicyclic) bond motifs is 1. The molecule has 3 atom stereocenters. The smallest absolute Gasteiger partial charge is 0.306 e. The summed E-state index contributed by atoms with van der Waals surface area (Å²) in [6, 6.07) is 4.39. The van der Waals surface area contributed by atoms with Crippen molar-refractivity contribution in [2.75, 3.05) is 13.2 Å². The lowest BCUT2D eigenvalue weighted by molar-refractivity contribution is -0.157. The van der Waals surface area contributed by atoms with E-state index in [9.17, 15) is 24.9 Å². The summed E-state index contributed by atoms with van der Waals surface area (Å²) in [4.78, 5) is 23.9. The van der Waals surface area contributed by atoms with Crippen molar-refractivity contribution >= 4 is 11.8 Å². The van der Waals surface area contributed by atoms with E-state index in [4.69, 9.17) is 9.47 Å². The average molecular weight is 308 g/mol. The maximum absolute atomic E-state index is 12.4. The lowest BCUT2D eigenvalue weighted by atomic mass is 9.80. The van der Waals surface area contributed by atoms with Gasteiger partial charge >= 0.3 is 5.97 Å². The van der Waals surface area contributed by atoms with Crippen molar-refractivity contribution in [3.05, 3.63) is 23.8 Å². The summed E-state index contributed by atoms with van der Waals surface area (Å²) in [7, 11) is 0. The Kier molecular flexibility index (Phi) is 3.54. The number of rotatable bonds is 3. The van der Waals surface area contributed by atoms with E-state index in [1.54, 1.807) is 0 Å². The number of benzene rings is 1. The van der Waals surface area contributed by atoms with E-state index in [0.717, 1.165) is 0 Å². The number of phenolic OH excluding ortho intramolecular Hbond substituents is 1. The van der Waals surface area contributed by atoms with Crippen molar-refractivity contribution in [3.63, 3.8) is 0 Å². The average Bonchev–Trinajstić information content (AvgIpc) is 2.88. The van der Waals surface area contributed by atoms with Crippen molar-refractivity contribution in [2.45, 2.75) is 24.5 Å². The van der Waals surface area contributed by atoms with Crippen LogP contribution < -0.4 is 4.74 Å². The third-order valence-corrected chi connectivity index (χ3v) is 4.19. The lowest BCUT2D eigenvalue weighted by Gasteiger charge is -2.41. The van der Waals surface area contributed by atoms with Gasteiger partial charge in [-0.3, -0.25) is 9.59 Å². The van der Waals surface area contributed by atoms with E-state index < -0.39 is 36.0 Å². The fourth-order valence-corrected chi connectivity index (χ4v) is 3.14. The van der Waals surface area contributed by atoms with Gasteiger partial charge in [0.15, 0.2) is 11.4 Å². The maximum Gasteiger partial charge on any atom is 0.306 e. The molecule has 7 nitrogen and oxygen atoms in total. The predicted molar refractivity (Wildman–Crippen MR) is 72.6 cm³/mol. The molecular weight excluding hydrogens is 292 g/mol. The molecule has 2 heterocycles. The molecule has 0 radical (unpaired) electrons. The molecule has 2 aliphatic rings. The topological polar surface area (TPSA) is 113 Å². The fourth-order valence-electron chi connectivity index (χ4n) is 3.14. The summed E-state index contributed by atoms with van der Waals surface area (Å²) in [6.45, 7) is -0.870. The maximum atomic E-state index is 12.4. The van der Waals surface area contributed by atoms with Crippen molar-refractivity contribution < 1.29 is 34.4 Å². The molecule has 3 rings (SSSR count). The summed E-state index contributed by atoms with van der Waals surface area (Å²) in [5.41, 5.74) is -1.39. The Morgan fingerprint density at radius 1 is 1.27 bits per heavy atom. The molecule has 1 aromatic rings. The van der Waals surface area contributed by atoms with Crippen LogP contribution >= 0.6 is 0 Å². The van der Waals surface area contributed by atoms with Gasteiger partial charge in [-0.1, -0.05) is 6.07 Å². The van der Waals surface area contributed by atoms with Crippen LogP contribution in [0.15, 0.2) is 18.2 Å². The van der Waals surface area contributed by atoms with Crippen LogP contribution in [0, 0.1) is 5.92 Å². The minimum absolute atomic E-state index is 0.00731. The van der Waals surface area contributed by atoms with Crippen LogP contribution in [0.4, 0.5) is 0 Å². The van der Waals surface area contributed by atoms with Crippen LogP contribution in [0.5, 0.6) is 11.5 Å². The molecule has 1 saturated heterocycles. The largest absolute Gasteiger partial charge is 0.507 e. The molecule has 3 N–H and O–H groups in total. The van der Waals surface area contributed by atoms with Crippen molar-refractivity contribution in [1.29, 1.82) is 0 Å². The van der Waals surface area contributed by atoms with Gasteiger partial charge in [0.1, 0.15) is 23.2 Å². The molecule has 0 saturated carbocycles. The van der Waals surface area contributed by atoms with Gasteiger partial charge in [-0.25, -0.2) is 0 Å². The zero-order valence-corrected chi connectivity index (χ0v) is 11.7. The van der Waals surface area contributed by atoms with E-state index in [2.05, 4.69) is 0 Å². The number of hydrogen-bond donors (Lipinski definition) is 3. The number of phenols is 1. The number of ether oxygens (including phenoxy) is 2. The highest BCUT2D eigenvalue weighted by Gasteiger charge is 2.55. The summed E-state index contributed by atoms with van der Waals surface area (Å²) in [5, 5.41) is 29.0. The van der Waals surface area contributed by atoms with Crippen LogP contribution in [0.1, 0.15) is 23.2 Å². The first kappa shape index (κ1) is 14.8. The summed E-state index contributed by atoms with van der Waals surface area (Å²) < 4.78 is 11.0. The molecule has 7 heteroatoms. The Labute approximate surface area is 126 Å². The number of hydrogen-bond acceptors (Lipinski definition) is 7. The zero-order chi connectivity index (χ0) is 15.9. The molecule has 0 spiro atoms. The number of ketones is 1. The van der Waals surface area contributed by atoms with Gasteiger partial charge in [-0.05, 0) is 12.1 Å². The number of carbonyl (C=O) groups excluding carboxylic acids is 2. The Morgan fingerprint density at radius 3 is 2.73 bits per heavy atom. The number of aliphatic hydroxyl groups excluding tert-OH is 2. The molecule has 2 aliphatic heterocycles. The van der Waals surface area contributed by atoms with Crippen LogP contribution in [0.2, 0.25) is 0 Å². The number of cyclic esters (lactones) is 1. The zero-order valence-electron chi connectivity index (χ0n) is 11.7. The third kappa shape index (κ3) is 2.13. The van der Waals surface area contributed by atoms with E-state index in [1.807, 2.05) is 0 Å².